The zero-order chi connectivity index (χ0) is 22.8. The van der Waals surface area contributed by atoms with Crippen LogP contribution in [0.2, 0.25) is 0 Å². The largest absolute Gasteiger partial charge is 0.494 e. The Balaban J connectivity index is 1.61. The van der Waals surface area contributed by atoms with Crippen LogP contribution in [-0.4, -0.2) is 19.8 Å². The first kappa shape index (κ1) is 23.9. The number of ether oxygens (including phenoxy) is 1. The van der Waals surface area contributed by atoms with Crippen LogP contribution in [0.3, 0.4) is 0 Å². The topological polar surface area (TPSA) is 21.3 Å². The third-order valence-corrected chi connectivity index (χ3v) is 5.43. The normalized spacial score (nSPS) is 11.2. The molecule has 0 radical (unpaired) electrons. The lowest BCUT2D eigenvalue weighted by Gasteiger charge is -2.10. The Hall–Kier alpha value is -2.72. The van der Waals surface area contributed by atoms with Crippen molar-refractivity contribution >= 4 is 0 Å². The van der Waals surface area contributed by atoms with E-state index < -0.39 is 0 Å². The van der Waals surface area contributed by atoms with Crippen LogP contribution in [-0.2, 0) is 6.54 Å². The molecule has 0 saturated carbocycles. The monoisotopic (exact) mass is 437 g/mol. The van der Waals surface area contributed by atoms with Gasteiger partial charge in [0, 0.05) is 12.1 Å². The van der Waals surface area contributed by atoms with E-state index >= 15 is 0 Å². The quantitative estimate of drug-likeness (QED) is 0.298. The van der Waals surface area contributed by atoms with Gasteiger partial charge in [-0.15, -0.1) is 0 Å². The molecule has 3 aromatic rings. The zero-order valence-corrected chi connectivity index (χ0v) is 19.0. The third-order valence-electron chi connectivity index (χ3n) is 5.43. The van der Waals surface area contributed by atoms with E-state index in [9.17, 15) is 8.78 Å². The smallest absolute Gasteiger partial charge is 0.131 e. The number of hydrogen-bond donors (Lipinski definition) is 1. The maximum Gasteiger partial charge on any atom is 0.131 e. The Morgan fingerprint density at radius 2 is 1.53 bits per heavy atom. The molecule has 0 aromatic heterocycles. The molecule has 0 heterocycles. The number of rotatable bonds is 12. The van der Waals surface area contributed by atoms with Crippen LogP contribution >= 0.6 is 0 Å². The fourth-order valence-corrected chi connectivity index (χ4v) is 3.58. The van der Waals surface area contributed by atoms with E-state index in [1.54, 1.807) is 6.07 Å². The molecular formula is C28H33F2NO. The van der Waals surface area contributed by atoms with Gasteiger partial charge in [0.05, 0.1) is 13.3 Å². The Labute approximate surface area is 190 Å². The van der Waals surface area contributed by atoms with Crippen molar-refractivity contribution in [3.63, 3.8) is 0 Å². The third kappa shape index (κ3) is 7.16. The summed E-state index contributed by atoms with van der Waals surface area (Å²) in [6.07, 6.45) is 2.72. The average Bonchev–Trinajstić information content (AvgIpc) is 2.80. The van der Waals surface area contributed by atoms with Crippen LogP contribution < -0.4 is 10.1 Å². The minimum Gasteiger partial charge on any atom is -0.494 e. The summed E-state index contributed by atoms with van der Waals surface area (Å²) < 4.78 is 32.8. The van der Waals surface area contributed by atoms with Gasteiger partial charge in [-0.1, -0.05) is 62.4 Å². The van der Waals surface area contributed by atoms with Crippen molar-refractivity contribution in [2.24, 2.45) is 5.92 Å². The number of nitrogens with one attached hydrogen (secondary N) is 1. The molecule has 0 aliphatic heterocycles. The number of hydrogen-bond acceptors (Lipinski definition) is 2. The second-order valence-corrected chi connectivity index (χ2v) is 8.52. The summed E-state index contributed by atoms with van der Waals surface area (Å²) in [7, 11) is 0. The van der Waals surface area contributed by atoms with Gasteiger partial charge in [0.25, 0.3) is 0 Å². The second kappa shape index (κ2) is 12.4. The second-order valence-electron chi connectivity index (χ2n) is 8.52. The lowest BCUT2D eigenvalue weighted by Crippen LogP contribution is -2.14. The average molecular weight is 438 g/mol. The van der Waals surface area contributed by atoms with E-state index in [0.717, 1.165) is 40.8 Å². The van der Waals surface area contributed by atoms with Crippen LogP contribution in [0.5, 0.6) is 5.75 Å². The van der Waals surface area contributed by atoms with Gasteiger partial charge in [-0.2, -0.15) is 0 Å². The van der Waals surface area contributed by atoms with E-state index in [4.69, 9.17) is 4.74 Å². The summed E-state index contributed by atoms with van der Waals surface area (Å²) in [5, 5.41) is 3.20. The molecule has 3 rings (SSSR count). The number of alkyl halides is 1. The van der Waals surface area contributed by atoms with Gasteiger partial charge in [-0.25, -0.2) is 4.39 Å². The highest BCUT2D eigenvalue weighted by Crippen LogP contribution is 2.29. The Bertz CT molecular complexity index is 952. The molecule has 0 aliphatic carbocycles. The molecule has 1 N–H and O–H groups in total. The predicted octanol–water partition coefficient (Wildman–Crippen LogP) is 7.42. The molecule has 3 aromatic carbocycles. The minimum atomic E-state index is -0.308. The summed E-state index contributed by atoms with van der Waals surface area (Å²) in [6.45, 7) is 6.17. The van der Waals surface area contributed by atoms with E-state index in [-0.39, 0.29) is 12.5 Å². The van der Waals surface area contributed by atoms with Gasteiger partial charge in [0.2, 0.25) is 0 Å². The van der Waals surface area contributed by atoms with Crippen LogP contribution in [0.25, 0.3) is 22.3 Å². The van der Waals surface area contributed by atoms with Crippen LogP contribution in [0, 0.1) is 11.7 Å². The van der Waals surface area contributed by atoms with Crippen molar-refractivity contribution in [1.82, 2.24) is 5.32 Å². The molecular weight excluding hydrogens is 404 g/mol. The summed E-state index contributed by atoms with van der Waals surface area (Å²) >= 11 is 0. The summed E-state index contributed by atoms with van der Waals surface area (Å²) in [4.78, 5) is 0. The molecule has 4 heteroatoms. The van der Waals surface area contributed by atoms with Crippen LogP contribution in [0.1, 0.15) is 38.7 Å². The molecule has 0 unspecified atom stereocenters. The van der Waals surface area contributed by atoms with Crippen molar-refractivity contribution in [3.8, 4) is 28.0 Å². The molecule has 170 valence electrons. The van der Waals surface area contributed by atoms with Gasteiger partial charge in [-0.3, -0.25) is 4.39 Å². The SMILES string of the molecule is CC(C)CCCOc1ccc(-c2ccc(-c3ccc(CNCCCF)cc3)c(F)c2)cc1. The zero-order valence-electron chi connectivity index (χ0n) is 19.0. The highest BCUT2D eigenvalue weighted by molar-refractivity contribution is 5.71. The van der Waals surface area contributed by atoms with Gasteiger partial charge in [0.15, 0.2) is 0 Å². The highest BCUT2D eigenvalue weighted by atomic mass is 19.1. The van der Waals surface area contributed by atoms with Crippen molar-refractivity contribution in [2.45, 2.75) is 39.7 Å². The van der Waals surface area contributed by atoms with E-state index in [2.05, 4.69) is 19.2 Å². The maximum absolute atomic E-state index is 14.9. The molecule has 32 heavy (non-hydrogen) atoms. The van der Waals surface area contributed by atoms with Crippen molar-refractivity contribution in [2.75, 3.05) is 19.8 Å². The van der Waals surface area contributed by atoms with Gasteiger partial charge >= 0.3 is 0 Å². The summed E-state index contributed by atoms with van der Waals surface area (Å²) in [5.74, 6) is 1.28. The first-order valence-corrected chi connectivity index (χ1v) is 11.5. The molecule has 0 saturated heterocycles. The van der Waals surface area contributed by atoms with E-state index in [1.807, 2.05) is 60.7 Å². The van der Waals surface area contributed by atoms with Crippen molar-refractivity contribution < 1.29 is 13.5 Å². The molecule has 0 spiro atoms. The molecule has 0 atom stereocenters. The standard InChI is InChI=1S/C28H33F2NO/c1-21(2)5-3-18-32-26-13-10-23(11-14-26)25-12-15-27(28(30)19-25)24-8-6-22(7-9-24)20-31-17-4-16-29/h6-15,19,21,31H,3-5,16-18,20H2,1-2H3. The number of benzene rings is 3. The molecule has 0 amide bonds. The van der Waals surface area contributed by atoms with Crippen molar-refractivity contribution in [1.29, 1.82) is 0 Å². The molecule has 0 bridgehead atoms. The first-order valence-electron chi connectivity index (χ1n) is 11.5. The lowest BCUT2D eigenvalue weighted by molar-refractivity contribution is 0.298. The Morgan fingerprint density at radius 3 is 2.19 bits per heavy atom. The predicted molar refractivity (Wildman–Crippen MR) is 129 cm³/mol. The maximum atomic E-state index is 14.9. The van der Waals surface area contributed by atoms with Gasteiger partial charge in [0.1, 0.15) is 11.6 Å². The fourth-order valence-electron chi connectivity index (χ4n) is 3.58. The lowest BCUT2D eigenvalue weighted by atomic mass is 9.99. The van der Waals surface area contributed by atoms with E-state index in [1.165, 1.54) is 0 Å². The van der Waals surface area contributed by atoms with Crippen molar-refractivity contribution in [3.05, 3.63) is 78.1 Å². The molecule has 2 nitrogen and oxygen atoms in total. The minimum absolute atomic E-state index is 0.245. The summed E-state index contributed by atoms with van der Waals surface area (Å²) in [6, 6.07) is 21.0. The van der Waals surface area contributed by atoms with Crippen LogP contribution in [0.15, 0.2) is 66.7 Å². The van der Waals surface area contributed by atoms with E-state index in [0.29, 0.717) is 37.6 Å². The fraction of sp³-hybridized carbons (Fsp3) is 0.357. The summed E-state index contributed by atoms with van der Waals surface area (Å²) in [5.41, 5.74) is 4.31. The van der Waals surface area contributed by atoms with Gasteiger partial charge < -0.3 is 10.1 Å². The number of halogens is 2. The highest BCUT2D eigenvalue weighted by Gasteiger charge is 2.08. The Kier molecular flexibility index (Phi) is 9.24. The molecule has 0 aliphatic rings. The molecule has 0 fully saturated rings. The van der Waals surface area contributed by atoms with Gasteiger partial charge in [-0.05, 0) is 72.2 Å². The Morgan fingerprint density at radius 1 is 0.844 bits per heavy atom. The van der Waals surface area contributed by atoms with Crippen LogP contribution in [0.4, 0.5) is 8.78 Å². The first-order chi connectivity index (χ1) is 15.6.